The Morgan fingerprint density at radius 3 is 2.26 bits per heavy atom. The summed E-state index contributed by atoms with van der Waals surface area (Å²) in [6, 6.07) is 16.3. The molecule has 206 valence electrons. The molecule has 39 heavy (non-hydrogen) atoms. The first-order chi connectivity index (χ1) is 18.7. The van der Waals surface area contributed by atoms with Crippen molar-refractivity contribution < 1.29 is 23.8 Å². The van der Waals surface area contributed by atoms with Gasteiger partial charge in [0.15, 0.2) is 5.11 Å². The number of rotatable bonds is 8. The fourth-order valence-electron chi connectivity index (χ4n) is 4.58. The van der Waals surface area contributed by atoms with E-state index in [9.17, 15) is 9.59 Å². The van der Waals surface area contributed by atoms with E-state index in [-0.39, 0.29) is 16.4 Å². The number of methoxy groups -OCH3 is 1. The minimum atomic E-state index is -0.400. The number of esters is 1. The molecule has 0 fully saturated rings. The van der Waals surface area contributed by atoms with Crippen LogP contribution in [-0.2, 0) is 17.6 Å². The lowest BCUT2D eigenvalue weighted by molar-refractivity contribution is 0.0600. The number of carbonyl (C=O) groups is 2. The summed E-state index contributed by atoms with van der Waals surface area (Å²) in [5.41, 5.74) is 2.15. The van der Waals surface area contributed by atoms with Crippen molar-refractivity contribution in [1.29, 1.82) is 0 Å². The molecular weight excluding hydrogens is 532 g/mol. The van der Waals surface area contributed by atoms with E-state index in [0.29, 0.717) is 41.0 Å². The maximum Gasteiger partial charge on any atom is 0.341 e. The Kier molecular flexibility index (Phi) is 9.24. The highest BCUT2D eigenvalue weighted by molar-refractivity contribution is 7.80. The van der Waals surface area contributed by atoms with E-state index in [2.05, 4.69) is 31.4 Å². The normalized spacial score (nSPS) is 14.6. The fourth-order valence-corrected chi connectivity index (χ4v) is 6.16. The average Bonchev–Trinajstić information content (AvgIpc) is 3.28. The maximum absolute atomic E-state index is 12.8. The van der Waals surface area contributed by atoms with Crippen LogP contribution in [0.15, 0.2) is 54.6 Å². The molecule has 1 amide bonds. The van der Waals surface area contributed by atoms with Gasteiger partial charge in [0.1, 0.15) is 29.7 Å². The highest BCUT2D eigenvalue weighted by Crippen LogP contribution is 2.44. The molecule has 1 aliphatic rings. The van der Waals surface area contributed by atoms with E-state index in [1.165, 1.54) is 23.3 Å². The predicted octanol–water partition coefficient (Wildman–Crippen LogP) is 6.27. The van der Waals surface area contributed by atoms with Crippen LogP contribution in [0.2, 0.25) is 0 Å². The van der Waals surface area contributed by atoms with E-state index in [4.69, 9.17) is 26.4 Å². The van der Waals surface area contributed by atoms with E-state index in [1.807, 2.05) is 30.3 Å². The summed E-state index contributed by atoms with van der Waals surface area (Å²) >= 11 is 6.94. The summed E-state index contributed by atoms with van der Waals surface area (Å²) in [6.45, 7) is 7.53. The largest absolute Gasteiger partial charge is 0.490 e. The molecule has 0 saturated heterocycles. The Hall–Kier alpha value is -3.43. The van der Waals surface area contributed by atoms with E-state index in [1.54, 1.807) is 24.3 Å². The SMILES string of the molecule is COC(=O)c1c(NC(=S)NC(=O)c2ccc(OCCOc3ccccc3)cc2)sc2c1CCC(C(C)(C)C)C2. The number of benzene rings is 2. The summed E-state index contributed by atoms with van der Waals surface area (Å²) in [4.78, 5) is 26.6. The molecule has 0 bridgehead atoms. The third-order valence-corrected chi connectivity index (χ3v) is 8.19. The first-order valence-electron chi connectivity index (χ1n) is 12.9. The molecule has 4 rings (SSSR count). The van der Waals surface area contributed by atoms with Gasteiger partial charge < -0.3 is 19.5 Å². The van der Waals surface area contributed by atoms with Crippen LogP contribution in [0.1, 0.15) is 58.3 Å². The molecule has 1 heterocycles. The van der Waals surface area contributed by atoms with Gasteiger partial charge in [-0.05, 0) is 84.8 Å². The fraction of sp³-hybridized carbons (Fsp3) is 0.367. The number of amides is 1. The van der Waals surface area contributed by atoms with Crippen molar-refractivity contribution in [2.45, 2.75) is 40.0 Å². The molecule has 0 saturated carbocycles. The van der Waals surface area contributed by atoms with Gasteiger partial charge in [0.25, 0.3) is 5.91 Å². The number of nitrogens with one attached hydrogen (secondary N) is 2. The number of hydrogen-bond donors (Lipinski definition) is 2. The zero-order chi connectivity index (χ0) is 28.0. The molecule has 9 heteroatoms. The molecule has 1 aliphatic carbocycles. The second kappa shape index (κ2) is 12.6. The second-order valence-corrected chi connectivity index (χ2v) is 12.0. The highest BCUT2D eigenvalue weighted by Gasteiger charge is 2.34. The van der Waals surface area contributed by atoms with Crippen LogP contribution < -0.4 is 20.1 Å². The number of para-hydroxylation sites is 1. The van der Waals surface area contributed by atoms with Crippen molar-refractivity contribution in [3.05, 3.63) is 76.2 Å². The topological polar surface area (TPSA) is 85.9 Å². The van der Waals surface area contributed by atoms with Gasteiger partial charge in [-0.25, -0.2) is 4.79 Å². The van der Waals surface area contributed by atoms with Crippen molar-refractivity contribution in [1.82, 2.24) is 5.32 Å². The van der Waals surface area contributed by atoms with Gasteiger partial charge in [0, 0.05) is 10.4 Å². The summed E-state index contributed by atoms with van der Waals surface area (Å²) in [6.07, 6.45) is 2.73. The van der Waals surface area contributed by atoms with E-state index < -0.39 is 5.97 Å². The molecule has 2 N–H and O–H groups in total. The smallest absolute Gasteiger partial charge is 0.341 e. The first-order valence-corrected chi connectivity index (χ1v) is 14.1. The summed E-state index contributed by atoms with van der Waals surface area (Å²) < 4.78 is 16.4. The Bertz CT molecular complexity index is 1310. The molecule has 1 aromatic heterocycles. The van der Waals surface area contributed by atoms with Crippen molar-refractivity contribution >= 4 is 45.5 Å². The quantitative estimate of drug-likeness (QED) is 0.189. The lowest BCUT2D eigenvalue weighted by Crippen LogP contribution is -2.34. The number of ether oxygens (including phenoxy) is 3. The number of carbonyl (C=O) groups excluding carboxylic acids is 2. The molecule has 3 aromatic rings. The lowest BCUT2D eigenvalue weighted by atomic mass is 9.72. The maximum atomic E-state index is 12.8. The molecule has 1 atom stereocenters. The van der Waals surface area contributed by atoms with Crippen molar-refractivity contribution in [2.24, 2.45) is 11.3 Å². The van der Waals surface area contributed by atoms with Gasteiger partial charge >= 0.3 is 5.97 Å². The van der Waals surface area contributed by atoms with Crippen molar-refractivity contribution in [3.63, 3.8) is 0 Å². The highest BCUT2D eigenvalue weighted by atomic mass is 32.1. The van der Waals surface area contributed by atoms with Crippen LogP contribution in [0.5, 0.6) is 11.5 Å². The summed E-state index contributed by atoms with van der Waals surface area (Å²) in [7, 11) is 1.38. The molecule has 2 aromatic carbocycles. The molecule has 1 unspecified atom stereocenters. The minimum absolute atomic E-state index is 0.120. The van der Waals surface area contributed by atoms with Crippen LogP contribution in [0.3, 0.4) is 0 Å². The second-order valence-electron chi connectivity index (χ2n) is 10.4. The zero-order valence-electron chi connectivity index (χ0n) is 22.7. The van der Waals surface area contributed by atoms with Crippen LogP contribution in [0.25, 0.3) is 0 Å². The lowest BCUT2D eigenvalue weighted by Gasteiger charge is -2.33. The van der Waals surface area contributed by atoms with Gasteiger partial charge in [-0.15, -0.1) is 11.3 Å². The third-order valence-electron chi connectivity index (χ3n) is 6.81. The van der Waals surface area contributed by atoms with Gasteiger partial charge in [-0.2, -0.15) is 0 Å². The Labute approximate surface area is 238 Å². The van der Waals surface area contributed by atoms with Gasteiger partial charge in [-0.1, -0.05) is 39.0 Å². The zero-order valence-corrected chi connectivity index (χ0v) is 24.3. The predicted molar refractivity (Wildman–Crippen MR) is 158 cm³/mol. The first kappa shape index (κ1) is 28.6. The number of thiophene rings is 1. The molecule has 7 nitrogen and oxygen atoms in total. The van der Waals surface area contributed by atoms with Crippen LogP contribution >= 0.6 is 23.6 Å². The molecule has 0 radical (unpaired) electrons. The summed E-state index contributed by atoms with van der Waals surface area (Å²) in [5.74, 6) is 1.18. The van der Waals surface area contributed by atoms with Gasteiger partial charge in [0.05, 0.1) is 12.7 Å². The number of hydrogen-bond acceptors (Lipinski definition) is 7. The molecule has 0 aliphatic heterocycles. The van der Waals surface area contributed by atoms with Gasteiger partial charge in [-0.3, -0.25) is 10.1 Å². The minimum Gasteiger partial charge on any atom is -0.490 e. The monoisotopic (exact) mass is 566 g/mol. The van der Waals surface area contributed by atoms with E-state index in [0.717, 1.165) is 30.6 Å². The third kappa shape index (κ3) is 7.36. The number of thiocarbonyl (C=S) groups is 1. The van der Waals surface area contributed by atoms with Crippen molar-refractivity contribution in [3.8, 4) is 11.5 Å². The van der Waals surface area contributed by atoms with Crippen molar-refractivity contribution in [2.75, 3.05) is 25.6 Å². The average molecular weight is 567 g/mol. The Balaban J connectivity index is 1.34. The molecular formula is C30H34N2O5S2. The number of anilines is 1. The Morgan fingerprint density at radius 2 is 1.64 bits per heavy atom. The molecule has 0 spiro atoms. The van der Waals surface area contributed by atoms with Gasteiger partial charge in [0.2, 0.25) is 0 Å². The van der Waals surface area contributed by atoms with E-state index >= 15 is 0 Å². The Morgan fingerprint density at radius 1 is 1.00 bits per heavy atom. The van der Waals surface area contributed by atoms with Crippen LogP contribution in [0, 0.1) is 11.3 Å². The summed E-state index contributed by atoms with van der Waals surface area (Å²) in [5, 5.41) is 6.51. The van der Waals surface area contributed by atoms with Crippen LogP contribution in [0.4, 0.5) is 5.00 Å². The standard InChI is InChI=1S/C30H34N2O5S2/c1-30(2,3)20-12-15-23-24(18-20)39-27(25(23)28(34)35-4)32-29(38)31-26(33)19-10-13-22(14-11-19)37-17-16-36-21-8-6-5-7-9-21/h5-11,13-14,20H,12,15-18H2,1-4H3,(H2,31,32,33,38). The number of fused-ring (bicyclic) bond motifs is 1. The van der Waals surface area contributed by atoms with Crippen LogP contribution in [-0.4, -0.2) is 37.3 Å².